The Hall–Kier alpha value is -2.43. The average Bonchev–Trinajstić information content (AvgIpc) is 2.55. The van der Waals surface area contributed by atoms with E-state index in [0.29, 0.717) is 23.9 Å². The van der Waals surface area contributed by atoms with Crippen molar-refractivity contribution >= 4 is 40.3 Å². The first-order valence-corrected chi connectivity index (χ1v) is 8.03. The van der Waals surface area contributed by atoms with Crippen molar-refractivity contribution in [3.63, 3.8) is 0 Å². The molecule has 1 aromatic heterocycles. The number of methoxy groups -OCH3 is 1. The maximum atomic E-state index is 10.6. The molecule has 2 aromatic rings. The van der Waals surface area contributed by atoms with Crippen molar-refractivity contribution in [2.24, 2.45) is 5.10 Å². The molecule has 1 aromatic carbocycles. The van der Waals surface area contributed by atoms with Crippen LogP contribution < -0.4 is 14.9 Å². The molecule has 0 fully saturated rings. The second-order valence-corrected chi connectivity index (χ2v) is 5.66. The molecule has 9 heteroatoms. The molecule has 0 atom stereocenters. The summed E-state index contributed by atoms with van der Waals surface area (Å²) in [7, 11) is 1.59. The van der Waals surface area contributed by atoms with Gasteiger partial charge in [0.2, 0.25) is 0 Å². The van der Waals surface area contributed by atoms with E-state index in [0.717, 1.165) is 9.13 Å². The molecule has 0 amide bonds. The summed E-state index contributed by atoms with van der Waals surface area (Å²) < 4.78 is 11.8. The summed E-state index contributed by atoms with van der Waals surface area (Å²) in [6, 6.07) is 6.56. The Kier molecular flexibility index (Phi) is 6.29. The van der Waals surface area contributed by atoms with Gasteiger partial charge in [0.25, 0.3) is 5.69 Å². The number of ether oxygens (including phenoxy) is 2. The van der Waals surface area contributed by atoms with E-state index >= 15 is 0 Å². The van der Waals surface area contributed by atoms with Gasteiger partial charge in [-0.25, -0.2) is 4.98 Å². The molecule has 0 bridgehead atoms. The van der Waals surface area contributed by atoms with Gasteiger partial charge in [-0.1, -0.05) is 0 Å². The summed E-state index contributed by atoms with van der Waals surface area (Å²) in [4.78, 5) is 14.0. The monoisotopic (exact) mass is 442 g/mol. The van der Waals surface area contributed by atoms with Crippen LogP contribution in [0.4, 0.5) is 11.5 Å². The summed E-state index contributed by atoms with van der Waals surface area (Å²) in [6.07, 6.45) is 2.77. The third-order valence-electron chi connectivity index (χ3n) is 2.89. The van der Waals surface area contributed by atoms with Crippen molar-refractivity contribution < 1.29 is 14.4 Å². The van der Waals surface area contributed by atoms with Crippen LogP contribution in [0.3, 0.4) is 0 Å². The molecule has 0 aliphatic carbocycles. The van der Waals surface area contributed by atoms with E-state index in [2.05, 4.69) is 38.1 Å². The van der Waals surface area contributed by atoms with Crippen LogP contribution in [-0.2, 0) is 0 Å². The number of pyridine rings is 1. The highest BCUT2D eigenvalue weighted by molar-refractivity contribution is 14.1. The average molecular weight is 442 g/mol. The Bertz CT molecular complexity index is 750. The van der Waals surface area contributed by atoms with Gasteiger partial charge >= 0.3 is 0 Å². The number of rotatable bonds is 7. The van der Waals surface area contributed by atoms with Crippen LogP contribution in [0.15, 0.2) is 35.6 Å². The summed E-state index contributed by atoms with van der Waals surface area (Å²) in [5, 5.41) is 14.7. The number of aromatic nitrogens is 1. The topological polar surface area (TPSA) is 98.9 Å². The molecule has 24 heavy (non-hydrogen) atoms. The Balaban J connectivity index is 2.12. The van der Waals surface area contributed by atoms with Crippen LogP contribution in [0.5, 0.6) is 11.5 Å². The van der Waals surface area contributed by atoms with Crippen molar-refractivity contribution in [2.75, 3.05) is 19.1 Å². The van der Waals surface area contributed by atoms with Crippen LogP contribution in [0.1, 0.15) is 12.5 Å². The highest BCUT2D eigenvalue weighted by Gasteiger charge is 2.10. The fraction of sp³-hybridized carbons (Fsp3) is 0.200. The maximum absolute atomic E-state index is 10.6. The van der Waals surface area contributed by atoms with E-state index in [1.165, 1.54) is 18.3 Å². The van der Waals surface area contributed by atoms with Gasteiger partial charge in [0.1, 0.15) is 12.0 Å². The summed E-state index contributed by atoms with van der Waals surface area (Å²) in [5.74, 6) is 1.73. The van der Waals surface area contributed by atoms with E-state index in [1.807, 2.05) is 19.1 Å². The number of nitro groups is 1. The molecular formula is C15H15IN4O4. The molecule has 0 unspecified atom stereocenters. The summed E-state index contributed by atoms with van der Waals surface area (Å²) >= 11 is 2.16. The Morgan fingerprint density at radius 3 is 2.83 bits per heavy atom. The van der Waals surface area contributed by atoms with E-state index in [9.17, 15) is 10.1 Å². The van der Waals surface area contributed by atoms with E-state index in [4.69, 9.17) is 9.47 Å². The van der Waals surface area contributed by atoms with Gasteiger partial charge in [0, 0.05) is 6.07 Å². The largest absolute Gasteiger partial charge is 0.492 e. The zero-order chi connectivity index (χ0) is 17.5. The highest BCUT2D eigenvalue weighted by atomic mass is 127. The lowest BCUT2D eigenvalue weighted by atomic mass is 10.2. The molecule has 0 aliphatic heterocycles. The molecule has 0 spiro atoms. The van der Waals surface area contributed by atoms with Crippen molar-refractivity contribution in [1.29, 1.82) is 0 Å². The van der Waals surface area contributed by atoms with Gasteiger partial charge in [-0.05, 0) is 53.3 Å². The minimum atomic E-state index is -0.505. The van der Waals surface area contributed by atoms with Crippen LogP contribution in [0.25, 0.3) is 0 Å². The van der Waals surface area contributed by atoms with Crippen molar-refractivity contribution in [1.82, 2.24) is 4.98 Å². The lowest BCUT2D eigenvalue weighted by Crippen LogP contribution is -1.99. The SMILES string of the molecule is CCOc1cc(/C=N\Nc2ccc([N+](=O)[O-])cn2)cc(I)c1OC. The van der Waals surface area contributed by atoms with Crippen molar-refractivity contribution in [2.45, 2.75) is 6.92 Å². The molecule has 0 saturated heterocycles. The predicted molar refractivity (Wildman–Crippen MR) is 99.0 cm³/mol. The van der Waals surface area contributed by atoms with Crippen molar-refractivity contribution in [3.05, 3.63) is 49.7 Å². The zero-order valence-corrected chi connectivity index (χ0v) is 15.2. The molecule has 2 rings (SSSR count). The Morgan fingerprint density at radius 1 is 1.46 bits per heavy atom. The summed E-state index contributed by atoms with van der Waals surface area (Å²) in [5.41, 5.74) is 3.46. The van der Waals surface area contributed by atoms with Gasteiger partial charge in [-0.2, -0.15) is 5.10 Å². The first-order chi connectivity index (χ1) is 11.5. The van der Waals surface area contributed by atoms with Crippen LogP contribution in [0, 0.1) is 13.7 Å². The molecule has 0 aliphatic rings. The number of hydrogen-bond acceptors (Lipinski definition) is 7. The predicted octanol–water partition coefficient (Wildman–Crippen LogP) is 3.45. The summed E-state index contributed by atoms with van der Waals surface area (Å²) in [6.45, 7) is 2.42. The normalized spacial score (nSPS) is 10.6. The number of hydrazone groups is 1. The van der Waals surface area contributed by atoms with E-state index in [1.54, 1.807) is 13.3 Å². The second-order valence-electron chi connectivity index (χ2n) is 4.50. The molecule has 126 valence electrons. The van der Waals surface area contributed by atoms with Gasteiger partial charge in [-0.15, -0.1) is 0 Å². The minimum Gasteiger partial charge on any atom is -0.492 e. The fourth-order valence-electron chi connectivity index (χ4n) is 1.86. The maximum Gasteiger partial charge on any atom is 0.287 e. The molecule has 1 heterocycles. The zero-order valence-electron chi connectivity index (χ0n) is 13.0. The fourth-order valence-corrected chi connectivity index (χ4v) is 2.70. The number of halogens is 1. The first kappa shape index (κ1) is 17.9. The third-order valence-corrected chi connectivity index (χ3v) is 3.69. The molecule has 0 saturated carbocycles. The smallest absolute Gasteiger partial charge is 0.287 e. The number of nitrogens with zero attached hydrogens (tertiary/aromatic N) is 3. The van der Waals surface area contributed by atoms with Crippen molar-refractivity contribution in [3.8, 4) is 11.5 Å². The molecule has 0 radical (unpaired) electrons. The van der Waals surface area contributed by atoms with Crippen LogP contribution in [-0.4, -0.2) is 29.8 Å². The number of anilines is 1. The third kappa shape index (κ3) is 4.54. The van der Waals surface area contributed by atoms with Gasteiger partial charge in [-0.3, -0.25) is 15.5 Å². The first-order valence-electron chi connectivity index (χ1n) is 6.95. The second kappa shape index (κ2) is 8.43. The minimum absolute atomic E-state index is 0.0735. The molecule has 1 N–H and O–H groups in total. The van der Waals surface area contributed by atoms with Crippen LogP contribution in [0.2, 0.25) is 0 Å². The Labute approximate surface area is 152 Å². The van der Waals surface area contributed by atoms with Crippen LogP contribution >= 0.6 is 22.6 Å². The highest BCUT2D eigenvalue weighted by Crippen LogP contribution is 2.33. The number of benzene rings is 1. The van der Waals surface area contributed by atoms with E-state index in [-0.39, 0.29) is 5.69 Å². The Morgan fingerprint density at radius 2 is 2.25 bits per heavy atom. The van der Waals surface area contributed by atoms with Gasteiger partial charge in [0.05, 0.1) is 28.4 Å². The quantitative estimate of drug-likeness (QED) is 0.305. The molecular weight excluding hydrogens is 427 g/mol. The number of hydrogen-bond donors (Lipinski definition) is 1. The lowest BCUT2D eigenvalue weighted by Gasteiger charge is -2.11. The van der Waals surface area contributed by atoms with E-state index < -0.39 is 4.92 Å². The van der Waals surface area contributed by atoms with Gasteiger partial charge in [0.15, 0.2) is 11.5 Å². The standard InChI is InChI=1S/C15H15IN4O4/c1-3-24-13-7-10(6-12(16)15(13)23-2)8-18-19-14-5-4-11(9-17-14)20(21)22/h4-9H,3H2,1-2H3,(H,17,19)/b18-8-. The lowest BCUT2D eigenvalue weighted by molar-refractivity contribution is -0.385. The van der Waals surface area contributed by atoms with Gasteiger partial charge < -0.3 is 9.47 Å². The number of nitrogens with one attached hydrogen (secondary N) is 1. The molecule has 8 nitrogen and oxygen atoms in total.